The molecule has 3 aromatic rings. The fourth-order valence-electron chi connectivity index (χ4n) is 3.70. The highest BCUT2D eigenvalue weighted by molar-refractivity contribution is 6.31. The number of amides is 1. The van der Waals surface area contributed by atoms with Crippen LogP contribution >= 0.6 is 11.6 Å². The number of rotatable bonds is 8. The van der Waals surface area contributed by atoms with Crippen molar-refractivity contribution in [2.24, 2.45) is 0 Å². The van der Waals surface area contributed by atoms with Crippen LogP contribution in [0.25, 0.3) is 10.8 Å². The number of nitro groups is 1. The molecule has 0 radical (unpaired) electrons. The Morgan fingerprint density at radius 3 is 2.67 bits per heavy atom. The van der Waals surface area contributed by atoms with Crippen LogP contribution in [0.4, 0.5) is 11.4 Å². The molecular formula is C23H22ClN3O3. The topological polar surface area (TPSA) is 75.5 Å². The van der Waals surface area contributed by atoms with Gasteiger partial charge >= 0.3 is 0 Å². The average Bonchev–Trinajstić information content (AvgIpc) is 3.57. The van der Waals surface area contributed by atoms with Crippen LogP contribution in [0.5, 0.6) is 0 Å². The van der Waals surface area contributed by atoms with E-state index in [0.29, 0.717) is 12.6 Å². The first kappa shape index (κ1) is 20.3. The van der Waals surface area contributed by atoms with E-state index in [0.717, 1.165) is 19.4 Å². The lowest BCUT2D eigenvalue weighted by molar-refractivity contribution is -0.383. The molecule has 6 nitrogen and oxygen atoms in total. The summed E-state index contributed by atoms with van der Waals surface area (Å²) in [5.41, 5.74) is 1.21. The third-order valence-corrected chi connectivity index (χ3v) is 5.61. The number of benzene rings is 3. The summed E-state index contributed by atoms with van der Waals surface area (Å²) >= 11 is 5.84. The first-order valence-electron chi connectivity index (χ1n) is 9.96. The lowest BCUT2D eigenvalue weighted by Crippen LogP contribution is -2.29. The minimum absolute atomic E-state index is 0.168. The van der Waals surface area contributed by atoms with Crippen molar-refractivity contribution < 1.29 is 9.72 Å². The zero-order chi connectivity index (χ0) is 21.1. The second kappa shape index (κ2) is 8.81. The van der Waals surface area contributed by atoms with Crippen LogP contribution in [0.1, 0.15) is 24.8 Å². The number of anilines is 1. The van der Waals surface area contributed by atoms with E-state index in [9.17, 15) is 14.9 Å². The van der Waals surface area contributed by atoms with Gasteiger partial charge in [0.25, 0.3) is 5.69 Å². The molecule has 0 unspecified atom stereocenters. The maximum atomic E-state index is 12.5. The van der Waals surface area contributed by atoms with Crippen LogP contribution in [-0.2, 0) is 11.3 Å². The molecule has 4 rings (SSSR count). The van der Waals surface area contributed by atoms with Gasteiger partial charge in [0.05, 0.1) is 4.92 Å². The zero-order valence-electron chi connectivity index (χ0n) is 16.4. The fraction of sp³-hybridized carbons (Fsp3) is 0.261. The minimum atomic E-state index is -0.543. The maximum Gasteiger partial charge on any atom is 0.294 e. The Morgan fingerprint density at radius 1 is 1.13 bits per heavy atom. The Balaban J connectivity index is 1.42. The molecule has 0 saturated heterocycles. The van der Waals surface area contributed by atoms with E-state index in [1.807, 2.05) is 12.1 Å². The smallest absolute Gasteiger partial charge is 0.294 e. The molecule has 1 amide bonds. The monoisotopic (exact) mass is 423 g/mol. The Hall–Kier alpha value is -2.96. The van der Waals surface area contributed by atoms with Gasteiger partial charge in [-0.25, -0.2) is 0 Å². The molecule has 30 heavy (non-hydrogen) atoms. The number of halogens is 1. The lowest BCUT2D eigenvalue weighted by Gasteiger charge is -2.22. The summed E-state index contributed by atoms with van der Waals surface area (Å²) in [5, 5.41) is 16.6. The zero-order valence-corrected chi connectivity index (χ0v) is 17.1. The number of hydrogen-bond donors (Lipinski definition) is 1. The quantitative estimate of drug-likeness (QED) is 0.389. The number of hydrogen-bond acceptors (Lipinski definition) is 4. The standard InChI is InChI=1S/C23H22ClN3O3/c24-18-8-11-21(22(14-18)27(29)30)25-23(28)12-13-26(19-9-10-19)15-17-6-3-5-16-4-1-2-7-20(16)17/h1-8,11,14,19H,9-10,12-13,15H2,(H,25,28). The first-order chi connectivity index (χ1) is 14.5. The first-order valence-corrected chi connectivity index (χ1v) is 10.3. The van der Waals surface area contributed by atoms with Gasteiger partial charge in [-0.2, -0.15) is 0 Å². The van der Waals surface area contributed by atoms with Crippen molar-refractivity contribution >= 4 is 39.7 Å². The van der Waals surface area contributed by atoms with Gasteiger partial charge in [-0.15, -0.1) is 0 Å². The third-order valence-electron chi connectivity index (χ3n) is 5.37. The normalized spacial score (nSPS) is 13.5. The maximum absolute atomic E-state index is 12.5. The summed E-state index contributed by atoms with van der Waals surface area (Å²) in [7, 11) is 0. The largest absolute Gasteiger partial charge is 0.320 e. The predicted molar refractivity (Wildman–Crippen MR) is 119 cm³/mol. The summed E-state index contributed by atoms with van der Waals surface area (Å²) in [6, 6.07) is 19.3. The molecule has 0 heterocycles. The van der Waals surface area contributed by atoms with Crippen molar-refractivity contribution in [3.05, 3.63) is 81.4 Å². The van der Waals surface area contributed by atoms with E-state index in [1.165, 1.54) is 34.5 Å². The van der Waals surface area contributed by atoms with Crippen molar-refractivity contribution in [3.8, 4) is 0 Å². The fourth-order valence-corrected chi connectivity index (χ4v) is 3.87. The van der Waals surface area contributed by atoms with Gasteiger partial charge in [0.1, 0.15) is 5.69 Å². The highest BCUT2D eigenvalue weighted by Crippen LogP contribution is 2.31. The van der Waals surface area contributed by atoms with Gasteiger partial charge in [0, 0.05) is 36.6 Å². The van der Waals surface area contributed by atoms with E-state index in [1.54, 1.807) is 0 Å². The molecule has 1 aliphatic rings. The van der Waals surface area contributed by atoms with E-state index in [-0.39, 0.29) is 28.7 Å². The third kappa shape index (κ3) is 4.78. The number of carbonyl (C=O) groups is 1. The molecule has 7 heteroatoms. The van der Waals surface area contributed by atoms with E-state index in [2.05, 4.69) is 40.5 Å². The van der Waals surface area contributed by atoms with Crippen molar-refractivity contribution in [2.75, 3.05) is 11.9 Å². The molecule has 1 fully saturated rings. The summed E-state index contributed by atoms with van der Waals surface area (Å²) in [4.78, 5) is 25.5. The van der Waals surface area contributed by atoms with Crippen molar-refractivity contribution in [2.45, 2.75) is 31.8 Å². The molecule has 1 N–H and O–H groups in total. The minimum Gasteiger partial charge on any atom is -0.320 e. The van der Waals surface area contributed by atoms with E-state index in [4.69, 9.17) is 11.6 Å². The van der Waals surface area contributed by atoms with Crippen LogP contribution in [0.3, 0.4) is 0 Å². The van der Waals surface area contributed by atoms with E-state index >= 15 is 0 Å². The van der Waals surface area contributed by atoms with E-state index < -0.39 is 4.92 Å². The Bertz CT molecular complexity index is 1090. The van der Waals surface area contributed by atoms with Gasteiger partial charge in [-0.05, 0) is 41.3 Å². The molecule has 0 atom stereocenters. The van der Waals surface area contributed by atoms with Gasteiger partial charge in [0.15, 0.2) is 0 Å². The molecule has 0 bridgehead atoms. The molecule has 0 aromatic heterocycles. The molecule has 3 aromatic carbocycles. The van der Waals surface area contributed by atoms with Gasteiger partial charge in [-0.3, -0.25) is 19.8 Å². The molecule has 0 aliphatic heterocycles. The van der Waals surface area contributed by atoms with Gasteiger partial charge in [-0.1, -0.05) is 54.1 Å². The van der Waals surface area contributed by atoms with Crippen LogP contribution in [0.2, 0.25) is 5.02 Å². The Morgan fingerprint density at radius 2 is 1.90 bits per heavy atom. The van der Waals surface area contributed by atoms with Crippen LogP contribution in [-0.4, -0.2) is 28.3 Å². The van der Waals surface area contributed by atoms with Gasteiger partial charge < -0.3 is 5.32 Å². The van der Waals surface area contributed by atoms with Crippen LogP contribution in [0.15, 0.2) is 60.7 Å². The molecular weight excluding hydrogens is 402 g/mol. The second-order valence-corrected chi connectivity index (χ2v) is 7.99. The number of nitrogens with one attached hydrogen (secondary N) is 1. The van der Waals surface area contributed by atoms with Crippen molar-refractivity contribution in [1.29, 1.82) is 0 Å². The summed E-state index contributed by atoms with van der Waals surface area (Å²) in [6.45, 7) is 1.38. The highest BCUT2D eigenvalue weighted by Gasteiger charge is 2.29. The summed E-state index contributed by atoms with van der Waals surface area (Å²) < 4.78 is 0. The average molecular weight is 424 g/mol. The number of fused-ring (bicyclic) bond motifs is 1. The number of nitro benzene ring substituents is 1. The van der Waals surface area contributed by atoms with Crippen molar-refractivity contribution in [3.63, 3.8) is 0 Å². The summed E-state index contributed by atoms with van der Waals surface area (Å²) in [5.74, 6) is -0.246. The predicted octanol–water partition coefficient (Wildman–Crippen LogP) is 5.39. The SMILES string of the molecule is O=C(CCN(Cc1cccc2ccccc12)C1CC1)Nc1ccc(Cl)cc1[N+](=O)[O-]. The summed E-state index contributed by atoms with van der Waals surface area (Å²) in [6.07, 6.45) is 2.53. The Kier molecular flexibility index (Phi) is 5.97. The lowest BCUT2D eigenvalue weighted by atomic mass is 10.0. The van der Waals surface area contributed by atoms with Crippen LogP contribution < -0.4 is 5.32 Å². The molecule has 1 aliphatic carbocycles. The molecule has 1 saturated carbocycles. The highest BCUT2D eigenvalue weighted by atomic mass is 35.5. The second-order valence-electron chi connectivity index (χ2n) is 7.56. The molecule has 154 valence electrons. The van der Waals surface area contributed by atoms with Crippen molar-refractivity contribution in [1.82, 2.24) is 4.90 Å². The molecule has 0 spiro atoms. The van der Waals surface area contributed by atoms with Crippen LogP contribution in [0, 0.1) is 10.1 Å². The number of carbonyl (C=O) groups excluding carboxylic acids is 1. The Labute approximate surface area is 179 Å². The van der Waals surface area contributed by atoms with Gasteiger partial charge in [0.2, 0.25) is 5.91 Å². The number of nitrogens with zero attached hydrogens (tertiary/aromatic N) is 2.